The summed E-state index contributed by atoms with van der Waals surface area (Å²) >= 11 is 0. The van der Waals surface area contributed by atoms with Crippen LogP contribution in [0.5, 0.6) is 5.75 Å². The Morgan fingerprint density at radius 1 is 1.05 bits per heavy atom. The minimum absolute atomic E-state index is 0.471. The molecular formula is C18H24N2O. The second kappa shape index (κ2) is 6.72. The molecule has 2 rings (SSSR count). The fourth-order valence-electron chi connectivity index (χ4n) is 2.50. The van der Waals surface area contributed by atoms with E-state index in [-0.39, 0.29) is 0 Å². The minimum atomic E-state index is 0.471. The number of aryl methyl sites for hydroxylation is 2. The number of ether oxygens (including phenoxy) is 1. The summed E-state index contributed by atoms with van der Waals surface area (Å²) in [6.45, 7) is 9.29. The Labute approximate surface area is 127 Å². The zero-order valence-electron chi connectivity index (χ0n) is 13.5. The van der Waals surface area contributed by atoms with Crippen molar-refractivity contribution in [1.82, 2.24) is 10.3 Å². The largest absolute Gasteiger partial charge is 0.496 e. The molecule has 0 amide bonds. The van der Waals surface area contributed by atoms with Crippen molar-refractivity contribution in [3.05, 3.63) is 47.3 Å². The second-order valence-corrected chi connectivity index (χ2v) is 5.76. The third-order valence-electron chi connectivity index (χ3n) is 3.51. The fraction of sp³-hybridized carbons (Fsp3) is 0.389. The first-order valence-electron chi connectivity index (χ1n) is 7.34. The molecule has 2 aromatic rings. The number of nitrogens with zero attached hydrogens (tertiary/aromatic N) is 1. The van der Waals surface area contributed by atoms with Crippen LogP contribution in [0.15, 0.2) is 30.6 Å². The SMILES string of the molecule is COc1c(C)cc(-c2cncc(CNC(C)C)c2)cc1C. The predicted octanol–water partition coefficient (Wildman–Crippen LogP) is 3.87. The summed E-state index contributed by atoms with van der Waals surface area (Å²) < 4.78 is 5.43. The lowest BCUT2D eigenvalue weighted by atomic mass is 10.00. The van der Waals surface area contributed by atoms with Crippen LogP contribution in [0.25, 0.3) is 11.1 Å². The third-order valence-corrected chi connectivity index (χ3v) is 3.51. The molecule has 0 saturated heterocycles. The maximum Gasteiger partial charge on any atom is 0.124 e. The van der Waals surface area contributed by atoms with Crippen molar-refractivity contribution >= 4 is 0 Å². The van der Waals surface area contributed by atoms with E-state index in [0.717, 1.165) is 29.0 Å². The van der Waals surface area contributed by atoms with Crippen molar-refractivity contribution in [3.8, 4) is 16.9 Å². The van der Waals surface area contributed by atoms with Gasteiger partial charge in [0.1, 0.15) is 5.75 Å². The van der Waals surface area contributed by atoms with Gasteiger partial charge in [0.25, 0.3) is 0 Å². The van der Waals surface area contributed by atoms with Crippen LogP contribution in [0.4, 0.5) is 0 Å². The van der Waals surface area contributed by atoms with Gasteiger partial charge in [-0.2, -0.15) is 0 Å². The van der Waals surface area contributed by atoms with Gasteiger partial charge >= 0.3 is 0 Å². The van der Waals surface area contributed by atoms with Gasteiger partial charge in [0.2, 0.25) is 0 Å². The van der Waals surface area contributed by atoms with Gasteiger partial charge in [-0.15, -0.1) is 0 Å². The van der Waals surface area contributed by atoms with Crippen LogP contribution in [0.3, 0.4) is 0 Å². The molecule has 0 atom stereocenters. The quantitative estimate of drug-likeness (QED) is 0.905. The number of hydrogen-bond acceptors (Lipinski definition) is 3. The van der Waals surface area contributed by atoms with Gasteiger partial charge in [-0.3, -0.25) is 4.98 Å². The summed E-state index contributed by atoms with van der Waals surface area (Å²) in [7, 11) is 1.72. The number of aromatic nitrogens is 1. The Morgan fingerprint density at radius 2 is 1.71 bits per heavy atom. The van der Waals surface area contributed by atoms with Crippen molar-refractivity contribution < 1.29 is 4.74 Å². The summed E-state index contributed by atoms with van der Waals surface area (Å²) in [6, 6.07) is 6.98. The Hall–Kier alpha value is -1.87. The zero-order valence-corrected chi connectivity index (χ0v) is 13.5. The molecule has 3 nitrogen and oxygen atoms in total. The van der Waals surface area contributed by atoms with Crippen LogP contribution in [0.1, 0.15) is 30.5 Å². The number of benzene rings is 1. The van der Waals surface area contributed by atoms with Crippen LogP contribution in [-0.4, -0.2) is 18.1 Å². The van der Waals surface area contributed by atoms with E-state index >= 15 is 0 Å². The molecular weight excluding hydrogens is 260 g/mol. The van der Waals surface area contributed by atoms with Gasteiger partial charge in [0.05, 0.1) is 7.11 Å². The monoisotopic (exact) mass is 284 g/mol. The first-order valence-corrected chi connectivity index (χ1v) is 7.34. The number of pyridine rings is 1. The van der Waals surface area contributed by atoms with E-state index in [9.17, 15) is 0 Å². The van der Waals surface area contributed by atoms with Crippen LogP contribution >= 0.6 is 0 Å². The van der Waals surface area contributed by atoms with Gasteiger partial charge in [0.15, 0.2) is 0 Å². The fourth-order valence-corrected chi connectivity index (χ4v) is 2.50. The van der Waals surface area contributed by atoms with Gasteiger partial charge in [0, 0.05) is 30.5 Å². The standard InChI is InChI=1S/C18H24N2O/c1-12(2)20-10-15-8-17(11-19-9-15)16-6-13(3)18(21-5)14(4)7-16/h6-9,11-12,20H,10H2,1-5H3. The molecule has 0 aliphatic heterocycles. The van der Waals surface area contributed by atoms with E-state index in [1.54, 1.807) is 7.11 Å². The molecule has 0 saturated carbocycles. The predicted molar refractivity (Wildman–Crippen MR) is 87.7 cm³/mol. The lowest BCUT2D eigenvalue weighted by Gasteiger charge is -2.12. The summed E-state index contributed by atoms with van der Waals surface area (Å²) in [6.07, 6.45) is 3.84. The maximum atomic E-state index is 5.43. The topological polar surface area (TPSA) is 34.1 Å². The summed E-state index contributed by atoms with van der Waals surface area (Å²) in [4.78, 5) is 4.37. The van der Waals surface area contributed by atoms with E-state index in [1.165, 1.54) is 11.1 Å². The van der Waals surface area contributed by atoms with E-state index < -0.39 is 0 Å². The van der Waals surface area contributed by atoms with E-state index in [2.05, 4.69) is 56.2 Å². The lowest BCUT2D eigenvalue weighted by molar-refractivity contribution is 0.408. The summed E-state index contributed by atoms with van der Waals surface area (Å²) in [5, 5.41) is 3.42. The van der Waals surface area contributed by atoms with Crippen LogP contribution in [0, 0.1) is 13.8 Å². The molecule has 0 aliphatic rings. The van der Waals surface area contributed by atoms with E-state index in [4.69, 9.17) is 4.74 Å². The molecule has 0 spiro atoms. The normalized spacial score (nSPS) is 11.0. The van der Waals surface area contributed by atoms with Gasteiger partial charge in [-0.05, 0) is 54.3 Å². The van der Waals surface area contributed by atoms with Gasteiger partial charge < -0.3 is 10.1 Å². The molecule has 1 aromatic carbocycles. The van der Waals surface area contributed by atoms with Crippen molar-refractivity contribution in [2.75, 3.05) is 7.11 Å². The molecule has 0 unspecified atom stereocenters. The average molecular weight is 284 g/mol. The van der Waals surface area contributed by atoms with Crippen LogP contribution < -0.4 is 10.1 Å². The highest BCUT2D eigenvalue weighted by Gasteiger charge is 2.08. The molecule has 0 radical (unpaired) electrons. The highest BCUT2D eigenvalue weighted by atomic mass is 16.5. The highest BCUT2D eigenvalue weighted by Crippen LogP contribution is 2.29. The molecule has 0 aliphatic carbocycles. The second-order valence-electron chi connectivity index (χ2n) is 5.76. The Kier molecular flexibility index (Phi) is 4.97. The Bertz CT molecular complexity index is 597. The van der Waals surface area contributed by atoms with Gasteiger partial charge in [-0.25, -0.2) is 0 Å². The number of rotatable bonds is 5. The van der Waals surface area contributed by atoms with Crippen molar-refractivity contribution in [2.45, 2.75) is 40.3 Å². The Morgan fingerprint density at radius 3 is 2.29 bits per heavy atom. The molecule has 3 heteroatoms. The molecule has 21 heavy (non-hydrogen) atoms. The van der Waals surface area contributed by atoms with Crippen LogP contribution in [-0.2, 0) is 6.54 Å². The third kappa shape index (κ3) is 3.82. The minimum Gasteiger partial charge on any atom is -0.496 e. The number of hydrogen-bond donors (Lipinski definition) is 1. The molecule has 0 fully saturated rings. The van der Waals surface area contributed by atoms with Crippen molar-refractivity contribution in [2.24, 2.45) is 0 Å². The molecule has 1 heterocycles. The first kappa shape index (κ1) is 15.5. The van der Waals surface area contributed by atoms with Gasteiger partial charge in [-0.1, -0.05) is 13.8 Å². The number of methoxy groups -OCH3 is 1. The zero-order chi connectivity index (χ0) is 15.4. The first-order chi connectivity index (χ1) is 10.0. The van der Waals surface area contributed by atoms with Crippen molar-refractivity contribution in [1.29, 1.82) is 0 Å². The van der Waals surface area contributed by atoms with E-state index in [0.29, 0.717) is 6.04 Å². The van der Waals surface area contributed by atoms with Crippen LogP contribution in [0.2, 0.25) is 0 Å². The highest BCUT2D eigenvalue weighted by molar-refractivity contribution is 5.67. The average Bonchev–Trinajstić information content (AvgIpc) is 2.45. The van der Waals surface area contributed by atoms with E-state index in [1.807, 2.05) is 12.4 Å². The van der Waals surface area contributed by atoms with Crippen molar-refractivity contribution in [3.63, 3.8) is 0 Å². The molecule has 112 valence electrons. The lowest BCUT2D eigenvalue weighted by Crippen LogP contribution is -2.21. The summed E-state index contributed by atoms with van der Waals surface area (Å²) in [5.41, 5.74) is 5.83. The maximum absolute atomic E-state index is 5.43. The summed E-state index contributed by atoms with van der Waals surface area (Å²) in [5.74, 6) is 0.962. The molecule has 0 bridgehead atoms. The number of nitrogens with one attached hydrogen (secondary N) is 1. The Balaban J connectivity index is 2.32. The molecule has 1 aromatic heterocycles. The smallest absolute Gasteiger partial charge is 0.124 e. The molecule has 1 N–H and O–H groups in total.